The SMILES string of the molecule is CC(C)C(C)N(C)c1ccc([C@H](C)O)c(Br)c1. The van der Waals surface area contributed by atoms with Crippen molar-refractivity contribution in [3.8, 4) is 0 Å². The van der Waals surface area contributed by atoms with E-state index in [0.717, 1.165) is 10.0 Å². The van der Waals surface area contributed by atoms with Gasteiger partial charge in [-0.1, -0.05) is 35.8 Å². The molecule has 0 aliphatic carbocycles. The molecule has 1 aromatic rings. The molecule has 1 aromatic carbocycles. The molecule has 0 fully saturated rings. The van der Waals surface area contributed by atoms with Crippen molar-refractivity contribution in [2.75, 3.05) is 11.9 Å². The van der Waals surface area contributed by atoms with Crippen LogP contribution in [0.3, 0.4) is 0 Å². The Labute approximate surface area is 113 Å². The Kier molecular flexibility index (Phi) is 5.02. The van der Waals surface area contributed by atoms with Gasteiger partial charge in [-0.3, -0.25) is 0 Å². The molecule has 17 heavy (non-hydrogen) atoms. The van der Waals surface area contributed by atoms with Crippen LogP contribution in [0.4, 0.5) is 5.69 Å². The summed E-state index contributed by atoms with van der Waals surface area (Å²) in [5.41, 5.74) is 2.10. The van der Waals surface area contributed by atoms with E-state index in [4.69, 9.17) is 0 Å². The fourth-order valence-corrected chi connectivity index (χ4v) is 2.45. The van der Waals surface area contributed by atoms with Crippen molar-refractivity contribution in [1.82, 2.24) is 0 Å². The van der Waals surface area contributed by atoms with Crippen LogP contribution in [0.5, 0.6) is 0 Å². The average Bonchev–Trinajstić information content (AvgIpc) is 2.26. The Morgan fingerprint density at radius 2 is 1.76 bits per heavy atom. The van der Waals surface area contributed by atoms with Gasteiger partial charge >= 0.3 is 0 Å². The number of rotatable bonds is 4. The lowest BCUT2D eigenvalue weighted by atomic mass is 10.0. The lowest BCUT2D eigenvalue weighted by Gasteiger charge is -2.30. The smallest absolute Gasteiger partial charge is 0.0772 e. The van der Waals surface area contributed by atoms with Gasteiger partial charge in [0.2, 0.25) is 0 Å². The summed E-state index contributed by atoms with van der Waals surface area (Å²) in [6.07, 6.45) is -0.439. The van der Waals surface area contributed by atoms with E-state index in [1.54, 1.807) is 6.92 Å². The number of aliphatic hydroxyl groups excluding tert-OH is 1. The predicted octanol–water partition coefficient (Wildman–Crippen LogP) is 3.98. The summed E-state index contributed by atoms with van der Waals surface area (Å²) >= 11 is 3.52. The molecule has 3 heteroatoms. The molecule has 0 saturated heterocycles. The molecule has 0 aliphatic heterocycles. The molecule has 0 aromatic heterocycles. The zero-order valence-corrected chi connectivity index (χ0v) is 12.8. The fraction of sp³-hybridized carbons (Fsp3) is 0.571. The van der Waals surface area contributed by atoms with Crippen LogP contribution in [0.15, 0.2) is 22.7 Å². The number of hydrogen-bond donors (Lipinski definition) is 1. The Morgan fingerprint density at radius 3 is 2.18 bits per heavy atom. The van der Waals surface area contributed by atoms with E-state index in [-0.39, 0.29) is 0 Å². The van der Waals surface area contributed by atoms with Crippen LogP contribution in [-0.2, 0) is 0 Å². The van der Waals surface area contributed by atoms with Gasteiger partial charge in [-0.15, -0.1) is 0 Å². The molecule has 0 amide bonds. The van der Waals surface area contributed by atoms with Crippen molar-refractivity contribution in [3.05, 3.63) is 28.2 Å². The molecule has 96 valence electrons. The van der Waals surface area contributed by atoms with Gasteiger partial charge < -0.3 is 10.0 Å². The van der Waals surface area contributed by atoms with E-state index in [1.165, 1.54) is 5.69 Å². The van der Waals surface area contributed by atoms with Crippen molar-refractivity contribution in [1.29, 1.82) is 0 Å². The van der Waals surface area contributed by atoms with Crippen LogP contribution in [0.25, 0.3) is 0 Å². The first-order chi connectivity index (χ1) is 7.84. The molecule has 0 spiro atoms. The molecule has 1 rings (SSSR count). The van der Waals surface area contributed by atoms with E-state index >= 15 is 0 Å². The highest BCUT2D eigenvalue weighted by Gasteiger charge is 2.15. The highest BCUT2D eigenvalue weighted by molar-refractivity contribution is 9.10. The summed E-state index contributed by atoms with van der Waals surface area (Å²) in [5, 5.41) is 9.59. The second-order valence-electron chi connectivity index (χ2n) is 4.98. The number of halogens is 1. The number of benzene rings is 1. The third-order valence-corrected chi connectivity index (χ3v) is 4.10. The van der Waals surface area contributed by atoms with Gasteiger partial charge in [0.15, 0.2) is 0 Å². The monoisotopic (exact) mass is 299 g/mol. The Hall–Kier alpha value is -0.540. The van der Waals surface area contributed by atoms with E-state index in [0.29, 0.717) is 12.0 Å². The highest BCUT2D eigenvalue weighted by Crippen LogP contribution is 2.29. The molecule has 0 aliphatic rings. The van der Waals surface area contributed by atoms with Crippen LogP contribution in [0.1, 0.15) is 39.4 Å². The second kappa shape index (κ2) is 5.87. The lowest BCUT2D eigenvalue weighted by Crippen LogP contribution is -2.33. The molecule has 0 heterocycles. The van der Waals surface area contributed by atoms with Crippen molar-refractivity contribution >= 4 is 21.6 Å². The summed E-state index contributed by atoms with van der Waals surface area (Å²) in [4.78, 5) is 2.27. The Morgan fingerprint density at radius 1 is 1.18 bits per heavy atom. The number of anilines is 1. The Bertz CT molecular complexity index is 376. The van der Waals surface area contributed by atoms with Gasteiger partial charge in [0.1, 0.15) is 0 Å². The second-order valence-corrected chi connectivity index (χ2v) is 5.83. The first-order valence-corrected chi connectivity index (χ1v) is 6.84. The maximum Gasteiger partial charge on any atom is 0.0772 e. The largest absolute Gasteiger partial charge is 0.389 e. The average molecular weight is 300 g/mol. The fourth-order valence-electron chi connectivity index (χ4n) is 1.76. The van der Waals surface area contributed by atoms with E-state index in [9.17, 15) is 5.11 Å². The normalized spacial score (nSPS) is 14.8. The molecule has 2 atom stereocenters. The van der Waals surface area contributed by atoms with E-state index < -0.39 is 6.10 Å². The molecular weight excluding hydrogens is 278 g/mol. The maximum atomic E-state index is 9.59. The van der Waals surface area contributed by atoms with Crippen LogP contribution in [-0.4, -0.2) is 18.2 Å². The molecule has 0 bridgehead atoms. The molecule has 0 radical (unpaired) electrons. The van der Waals surface area contributed by atoms with Gasteiger partial charge in [0.05, 0.1) is 6.10 Å². The summed E-state index contributed by atoms with van der Waals surface area (Å²) in [5.74, 6) is 0.607. The predicted molar refractivity (Wildman–Crippen MR) is 77.5 cm³/mol. The highest BCUT2D eigenvalue weighted by atomic mass is 79.9. The minimum Gasteiger partial charge on any atom is -0.389 e. The van der Waals surface area contributed by atoms with Crippen molar-refractivity contribution in [2.24, 2.45) is 5.92 Å². The van der Waals surface area contributed by atoms with Gasteiger partial charge in [-0.2, -0.15) is 0 Å². The van der Waals surface area contributed by atoms with Crippen molar-refractivity contribution in [3.63, 3.8) is 0 Å². The van der Waals surface area contributed by atoms with Gasteiger partial charge in [0.25, 0.3) is 0 Å². The summed E-state index contributed by atoms with van der Waals surface area (Å²) in [6.45, 7) is 8.45. The van der Waals surface area contributed by atoms with Crippen molar-refractivity contribution < 1.29 is 5.11 Å². The molecule has 1 unspecified atom stereocenters. The summed E-state index contributed by atoms with van der Waals surface area (Å²) in [7, 11) is 2.11. The van der Waals surface area contributed by atoms with Crippen LogP contribution in [0, 0.1) is 5.92 Å². The third kappa shape index (κ3) is 3.46. The molecule has 2 nitrogen and oxygen atoms in total. The van der Waals surface area contributed by atoms with E-state index in [1.807, 2.05) is 6.07 Å². The van der Waals surface area contributed by atoms with E-state index in [2.05, 4.69) is 60.8 Å². The molecule has 0 saturated carbocycles. The zero-order valence-electron chi connectivity index (χ0n) is 11.2. The first-order valence-electron chi connectivity index (χ1n) is 6.05. The zero-order chi connectivity index (χ0) is 13.2. The van der Waals surface area contributed by atoms with Crippen LogP contribution in [0.2, 0.25) is 0 Å². The molecular formula is C14H22BrNO. The maximum absolute atomic E-state index is 9.59. The van der Waals surface area contributed by atoms with Crippen molar-refractivity contribution in [2.45, 2.75) is 39.8 Å². The summed E-state index contributed by atoms with van der Waals surface area (Å²) < 4.78 is 0.966. The molecule has 1 N–H and O–H groups in total. The number of hydrogen-bond acceptors (Lipinski definition) is 2. The van der Waals surface area contributed by atoms with Crippen LogP contribution >= 0.6 is 15.9 Å². The van der Waals surface area contributed by atoms with Gasteiger partial charge in [-0.05, 0) is 37.5 Å². The standard InChI is InChI=1S/C14H22BrNO/c1-9(2)10(3)16(5)12-6-7-13(11(4)17)14(15)8-12/h6-11,17H,1-5H3/t10?,11-/m0/s1. The van der Waals surface area contributed by atoms with Crippen LogP contribution < -0.4 is 4.90 Å². The Balaban J connectivity index is 2.97. The number of aliphatic hydroxyl groups is 1. The summed E-state index contributed by atoms with van der Waals surface area (Å²) in [6, 6.07) is 6.60. The van der Waals surface area contributed by atoms with Gasteiger partial charge in [-0.25, -0.2) is 0 Å². The topological polar surface area (TPSA) is 23.5 Å². The first kappa shape index (κ1) is 14.5. The lowest BCUT2D eigenvalue weighted by molar-refractivity contribution is 0.198. The van der Waals surface area contributed by atoms with Gasteiger partial charge in [0, 0.05) is 23.2 Å². The minimum absolute atomic E-state index is 0.439. The number of nitrogens with zero attached hydrogens (tertiary/aromatic N) is 1. The quantitative estimate of drug-likeness (QED) is 0.909. The minimum atomic E-state index is -0.439. The third-order valence-electron chi connectivity index (χ3n) is 3.42.